The van der Waals surface area contributed by atoms with Gasteiger partial charge in [0.1, 0.15) is 23.6 Å². The number of thiazole rings is 1. The third-order valence-electron chi connectivity index (χ3n) is 3.31. The first kappa shape index (κ1) is 15.0. The van der Waals surface area contributed by atoms with E-state index in [1.807, 2.05) is 18.2 Å². The minimum absolute atomic E-state index is 0.184. The average Bonchev–Trinajstić information content (AvgIpc) is 2.89. The Kier molecular flexibility index (Phi) is 3.48. The molecule has 0 saturated carbocycles. The van der Waals surface area contributed by atoms with Crippen LogP contribution in [-0.4, -0.2) is 27.4 Å². The Labute approximate surface area is 133 Å². The van der Waals surface area contributed by atoms with Crippen molar-refractivity contribution >= 4 is 11.3 Å². The minimum atomic E-state index is -1.06. The summed E-state index contributed by atoms with van der Waals surface area (Å²) in [4.78, 5) is 5.18. The van der Waals surface area contributed by atoms with Crippen molar-refractivity contribution in [2.45, 2.75) is 32.0 Å². The van der Waals surface area contributed by atoms with Crippen molar-refractivity contribution in [2.75, 3.05) is 6.61 Å². The molecule has 4 nitrogen and oxygen atoms in total. The summed E-state index contributed by atoms with van der Waals surface area (Å²) in [6, 6.07) is 5.55. The summed E-state index contributed by atoms with van der Waals surface area (Å²) >= 11 is 1.42. The highest BCUT2D eigenvalue weighted by molar-refractivity contribution is 7.10. The summed E-state index contributed by atoms with van der Waals surface area (Å²) in [5.74, 6) is 6.43. The Bertz CT molecular complexity index is 775. The van der Waals surface area contributed by atoms with Crippen molar-refractivity contribution in [1.29, 1.82) is 0 Å². The van der Waals surface area contributed by atoms with Crippen LogP contribution in [0.2, 0.25) is 0 Å². The van der Waals surface area contributed by atoms with Crippen LogP contribution >= 0.6 is 11.3 Å². The lowest BCUT2D eigenvalue weighted by Gasteiger charge is -2.19. The molecule has 1 aromatic heterocycles. The Balaban J connectivity index is 2.12. The maximum Gasteiger partial charge on any atom is 0.132 e. The van der Waals surface area contributed by atoms with E-state index in [-0.39, 0.29) is 6.61 Å². The number of ether oxygens (including phenoxy) is 1. The van der Waals surface area contributed by atoms with Crippen molar-refractivity contribution in [3.63, 3.8) is 0 Å². The Hall–Kier alpha value is -1.87. The van der Waals surface area contributed by atoms with Crippen molar-refractivity contribution in [1.82, 2.24) is 4.98 Å². The fraction of sp³-hybridized carbons (Fsp3) is 0.353. The molecule has 0 fully saturated rings. The summed E-state index contributed by atoms with van der Waals surface area (Å²) in [6.07, 6.45) is 0. The zero-order chi connectivity index (χ0) is 16.0. The van der Waals surface area contributed by atoms with Gasteiger partial charge in [-0.25, -0.2) is 4.98 Å². The highest BCUT2D eigenvalue weighted by atomic mass is 32.1. The van der Waals surface area contributed by atoms with Gasteiger partial charge in [0.2, 0.25) is 0 Å². The number of rotatable bonds is 0. The second kappa shape index (κ2) is 5.10. The monoisotopic (exact) mass is 315 g/mol. The molecule has 1 unspecified atom stereocenters. The summed E-state index contributed by atoms with van der Waals surface area (Å²) < 4.78 is 5.72. The highest BCUT2D eigenvalue weighted by Crippen LogP contribution is 2.42. The molecule has 5 heteroatoms. The molecule has 0 amide bonds. The molecule has 0 radical (unpaired) electrons. The first-order valence-electron chi connectivity index (χ1n) is 6.95. The first-order valence-corrected chi connectivity index (χ1v) is 7.83. The van der Waals surface area contributed by atoms with Crippen molar-refractivity contribution < 1.29 is 14.9 Å². The van der Waals surface area contributed by atoms with Gasteiger partial charge >= 0.3 is 0 Å². The van der Waals surface area contributed by atoms with Crippen molar-refractivity contribution in [3.8, 4) is 28.8 Å². The van der Waals surface area contributed by atoms with E-state index in [2.05, 4.69) is 16.8 Å². The molecule has 0 bridgehead atoms. The smallest absolute Gasteiger partial charge is 0.132 e. The molecule has 3 rings (SSSR count). The molecule has 2 N–H and O–H groups in total. The van der Waals surface area contributed by atoms with Gasteiger partial charge in [0, 0.05) is 11.1 Å². The predicted molar refractivity (Wildman–Crippen MR) is 85.8 cm³/mol. The standard InChI is InChI=1S/C17H17NO3S/c1-16(2,19)7-6-11-4-5-13-12(8-11)14-15(22-10-18-14)17(3,20)9-21-13/h4-5,8,10,19-20H,9H2,1-3H3. The third kappa shape index (κ3) is 2.86. The van der Waals surface area contributed by atoms with Crippen LogP contribution in [0.5, 0.6) is 5.75 Å². The van der Waals surface area contributed by atoms with E-state index in [0.29, 0.717) is 5.75 Å². The van der Waals surface area contributed by atoms with Gasteiger partial charge in [-0.15, -0.1) is 11.3 Å². The second-order valence-electron chi connectivity index (χ2n) is 6.11. The van der Waals surface area contributed by atoms with Crippen LogP contribution in [0.3, 0.4) is 0 Å². The van der Waals surface area contributed by atoms with E-state index in [1.165, 1.54) is 11.3 Å². The molecule has 22 heavy (non-hydrogen) atoms. The maximum absolute atomic E-state index is 10.5. The topological polar surface area (TPSA) is 62.6 Å². The summed E-state index contributed by atoms with van der Waals surface area (Å²) in [6.45, 7) is 5.19. The zero-order valence-electron chi connectivity index (χ0n) is 12.7. The fourth-order valence-electron chi connectivity index (χ4n) is 2.25. The normalized spacial score (nSPS) is 20.0. The number of hydrogen-bond donors (Lipinski definition) is 2. The average molecular weight is 315 g/mol. The molecule has 2 aromatic rings. The van der Waals surface area contributed by atoms with Gasteiger partial charge in [0.15, 0.2) is 0 Å². The molecular weight excluding hydrogens is 298 g/mol. The molecular formula is C17H17NO3S. The fourth-order valence-corrected chi connectivity index (χ4v) is 3.10. The predicted octanol–water partition coefficient (Wildman–Crippen LogP) is 2.53. The van der Waals surface area contributed by atoms with Crippen LogP contribution in [-0.2, 0) is 5.60 Å². The van der Waals surface area contributed by atoms with Crippen LogP contribution in [0, 0.1) is 11.8 Å². The molecule has 0 saturated heterocycles. The van der Waals surface area contributed by atoms with E-state index in [0.717, 1.165) is 21.7 Å². The van der Waals surface area contributed by atoms with Crippen LogP contribution in [0.4, 0.5) is 0 Å². The molecule has 1 aliphatic heterocycles. The van der Waals surface area contributed by atoms with E-state index in [4.69, 9.17) is 4.74 Å². The van der Waals surface area contributed by atoms with Crippen LogP contribution in [0.1, 0.15) is 31.2 Å². The number of hydrogen-bond acceptors (Lipinski definition) is 5. The molecule has 2 heterocycles. The van der Waals surface area contributed by atoms with Crippen molar-refractivity contribution in [2.24, 2.45) is 0 Å². The number of aromatic nitrogens is 1. The van der Waals surface area contributed by atoms with Crippen LogP contribution in [0.15, 0.2) is 23.7 Å². The zero-order valence-corrected chi connectivity index (χ0v) is 13.5. The summed E-state index contributed by atoms with van der Waals surface area (Å²) in [5.41, 5.74) is 1.94. The quantitative estimate of drug-likeness (QED) is 0.733. The number of benzene rings is 1. The second-order valence-corrected chi connectivity index (χ2v) is 6.97. The van der Waals surface area contributed by atoms with E-state index < -0.39 is 11.2 Å². The van der Waals surface area contributed by atoms with Gasteiger partial charge in [0.05, 0.1) is 16.1 Å². The Morgan fingerprint density at radius 2 is 2.18 bits per heavy atom. The van der Waals surface area contributed by atoms with Gasteiger partial charge in [-0.1, -0.05) is 11.8 Å². The molecule has 1 aromatic carbocycles. The molecule has 1 aliphatic rings. The maximum atomic E-state index is 10.5. The summed E-state index contributed by atoms with van der Waals surface area (Å²) in [5, 5.41) is 20.2. The Morgan fingerprint density at radius 3 is 2.91 bits per heavy atom. The van der Waals surface area contributed by atoms with Crippen molar-refractivity contribution in [3.05, 3.63) is 34.2 Å². The van der Waals surface area contributed by atoms with Crippen LogP contribution in [0.25, 0.3) is 11.3 Å². The van der Waals surface area contributed by atoms with Gasteiger partial charge in [0.25, 0.3) is 0 Å². The lowest BCUT2D eigenvalue weighted by molar-refractivity contribution is 0.0132. The lowest BCUT2D eigenvalue weighted by atomic mass is 10.0. The molecule has 114 valence electrons. The largest absolute Gasteiger partial charge is 0.489 e. The number of aliphatic hydroxyl groups is 2. The van der Waals surface area contributed by atoms with E-state index >= 15 is 0 Å². The van der Waals surface area contributed by atoms with E-state index in [1.54, 1.807) is 26.3 Å². The molecule has 1 atom stereocenters. The highest BCUT2D eigenvalue weighted by Gasteiger charge is 2.34. The SMILES string of the molecule is CC(C)(O)C#Cc1ccc2c(c1)-c1ncsc1C(C)(O)CO2. The first-order chi connectivity index (χ1) is 10.3. The third-order valence-corrected chi connectivity index (χ3v) is 4.39. The Morgan fingerprint density at radius 1 is 1.41 bits per heavy atom. The number of nitrogens with zero attached hydrogens (tertiary/aromatic N) is 1. The number of fused-ring (bicyclic) bond motifs is 3. The molecule has 0 spiro atoms. The van der Waals surface area contributed by atoms with Crippen LogP contribution < -0.4 is 4.74 Å². The minimum Gasteiger partial charge on any atom is -0.489 e. The van der Waals surface area contributed by atoms with Gasteiger partial charge in [-0.2, -0.15) is 0 Å². The molecule has 0 aliphatic carbocycles. The van der Waals surface area contributed by atoms with Gasteiger partial charge < -0.3 is 14.9 Å². The summed E-state index contributed by atoms with van der Waals surface area (Å²) in [7, 11) is 0. The van der Waals surface area contributed by atoms with Gasteiger partial charge in [-0.3, -0.25) is 0 Å². The lowest BCUT2D eigenvalue weighted by Crippen LogP contribution is -2.27. The van der Waals surface area contributed by atoms with Gasteiger partial charge in [-0.05, 0) is 39.0 Å². The van der Waals surface area contributed by atoms with E-state index in [9.17, 15) is 10.2 Å².